The van der Waals surface area contributed by atoms with Crippen molar-refractivity contribution in [2.45, 2.75) is 0 Å². The standard InChI is InChI=1S/C12H15NOS/c1-13(2)9-11(15-3)12(14)10-7-5-4-6-8-10/h4-9H,1-3H3. The molecule has 0 amide bonds. The molecule has 0 unspecified atom stereocenters. The van der Waals surface area contributed by atoms with Gasteiger partial charge >= 0.3 is 0 Å². The Balaban J connectivity index is 2.93. The maximum atomic E-state index is 12.0. The van der Waals surface area contributed by atoms with Crippen molar-refractivity contribution in [2.75, 3.05) is 20.4 Å². The monoisotopic (exact) mass is 221 g/mol. The summed E-state index contributed by atoms with van der Waals surface area (Å²) in [5.74, 6) is 0.0804. The fraction of sp³-hybridized carbons (Fsp3) is 0.250. The lowest BCUT2D eigenvalue weighted by atomic mass is 10.1. The van der Waals surface area contributed by atoms with E-state index in [2.05, 4.69) is 0 Å². The van der Waals surface area contributed by atoms with Crippen LogP contribution >= 0.6 is 11.8 Å². The summed E-state index contributed by atoms with van der Waals surface area (Å²) in [6, 6.07) is 9.33. The Morgan fingerprint density at radius 3 is 2.33 bits per heavy atom. The second-order valence-corrected chi connectivity index (χ2v) is 4.20. The first-order valence-corrected chi connectivity index (χ1v) is 5.89. The molecule has 0 aliphatic heterocycles. The molecule has 0 radical (unpaired) electrons. The van der Waals surface area contributed by atoms with Gasteiger partial charge in [-0.05, 0) is 6.26 Å². The van der Waals surface area contributed by atoms with Crippen molar-refractivity contribution < 1.29 is 4.79 Å². The number of nitrogens with zero attached hydrogens (tertiary/aromatic N) is 1. The molecule has 0 heterocycles. The third-order valence-corrected chi connectivity index (χ3v) is 2.59. The Kier molecular flexibility index (Phi) is 4.43. The van der Waals surface area contributed by atoms with Crippen LogP contribution in [0.5, 0.6) is 0 Å². The number of rotatable bonds is 4. The average Bonchev–Trinajstić information content (AvgIpc) is 2.26. The van der Waals surface area contributed by atoms with Crippen LogP contribution in [0.3, 0.4) is 0 Å². The molecule has 0 saturated carbocycles. The van der Waals surface area contributed by atoms with Crippen LogP contribution in [0.2, 0.25) is 0 Å². The van der Waals surface area contributed by atoms with Gasteiger partial charge in [0.25, 0.3) is 0 Å². The lowest BCUT2D eigenvalue weighted by Crippen LogP contribution is -2.07. The first-order valence-electron chi connectivity index (χ1n) is 4.67. The topological polar surface area (TPSA) is 20.3 Å². The first-order chi connectivity index (χ1) is 7.15. The van der Waals surface area contributed by atoms with Crippen molar-refractivity contribution in [3.05, 3.63) is 47.0 Å². The number of benzene rings is 1. The number of carbonyl (C=O) groups excluding carboxylic acids is 1. The average molecular weight is 221 g/mol. The molecule has 80 valence electrons. The van der Waals surface area contributed by atoms with E-state index in [-0.39, 0.29) is 5.78 Å². The predicted octanol–water partition coefficient (Wildman–Crippen LogP) is 2.64. The van der Waals surface area contributed by atoms with E-state index in [1.807, 2.05) is 61.8 Å². The van der Waals surface area contributed by atoms with Gasteiger partial charge in [-0.25, -0.2) is 0 Å². The minimum Gasteiger partial charge on any atom is -0.382 e. The van der Waals surface area contributed by atoms with Gasteiger partial charge in [0.1, 0.15) is 0 Å². The molecule has 3 heteroatoms. The summed E-state index contributed by atoms with van der Waals surface area (Å²) in [5.41, 5.74) is 0.736. The van der Waals surface area contributed by atoms with Gasteiger partial charge < -0.3 is 4.90 Å². The summed E-state index contributed by atoms with van der Waals surface area (Å²) in [7, 11) is 3.82. The van der Waals surface area contributed by atoms with E-state index in [1.54, 1.807) is 0 Å². The van der Waals surface area contributed by atoms with Gasteiger partial charge in [-0.2, -0.15) is 0 Å². The molecule has 0 fully saturated rings. The van der Waals surface area contributed by atoms with Crippen molar-refractivity contribution in [1.29, 1.82) is 0 Å². The number of ketones is 1. The maximum Gasteiger partial charge on any atom is 0.200 e. The van der Waals surface area contributed by atoms with Crippen LogP contribution in [0.15, 0.2) is 41.4 Å². The molecule has 0 N–H and O–H groups in total. The summed E-state index contributed by atoms with van der Waals surface area (Å²) in [6.07, 6.45) is 3.76. The van der Waals surface area contributed by atoms with Gasteiger partial charge in [0, 0.05) is 25.9 Å². The third kappa shape index (κ3) is 3.44. The van der Waals surface area contributed by atoms with Crippen LogP contribution in [0.1, 0.15) is 10.4 Å². The Hall–Kier alpha value is -1.22. The van der Waals surface area contributed by atoms with E-state index in [4.69, 9.17) is 0 Å². The second-order valence-electron chi connectivity index (χ2n) is 3.36. The minimum atomic E-state index is 0.0804. The molecule has 1 rings (SSSR count). The van der Waals surface area contributed by atoms with Gasteiger partial charge in [0.05, 0.1) is 4.91 Å². The summed E-state index contributed by atoms with van der Waals surface area (Å²) < 4.78 is 0. The van der Waals surface area contributed by atoms with Crippen molar-refractivity contribution in [3.8, 4) is 0 Å². The van der Waals surface area contributed by atoms with E-state index in [9.17, 15) is 4.79 Å². The molecule has 1 aromatic rings. The zero-order valence-electron chi connectivity index (χ0n) is 9.23. The second kappa shape index (κ2) is 5.61. The highest BCUT2D eigenvalue weighted by Crippen LogP contribution is 2.18. The van der Waals surface area contributed by atoms with Gasteiger partial charge in [-0.3, -0.25) is 4.79 Å². The van der Waals surface area contributed by atoms with Crippen LogP contribution in [-0.2, 0) is 0 Å². The van der Waals surface area contributed by atoms with Crippen molar-refractivity contribution in [1.82, 2.24) is 4.90 Å². The molecule has 0 aliphatic carbocycles. The zero-order chi connectivity index (χ0) is 11.3. The maximum absolute atomic E-state index is 12.0. The molecular weight excluding hydrogens is 206 g/mol. The number of thioether (sulfide) groups is 1. The number of carbonyl (C=O) groups is 1. The molecular formula is C12H15NOS. The molecule has 1 aromatic carbocycles. The highest BCUT2D eigenvalue weighted by Gasteiger charge is 2.10. The lowest BCUT2D eigenvalue weighted by molar-refractivity contribution is 0.104. The van der Waals surface area contributed by atoms with Crippen LogP contribution in [-0.4, -0.2) is 31.0 Å². The molecule has 0 bridgehead atoms. The highest BCUT2D eigenvalue weighted by molar-refractivity contribution is 8.03. The Labute approximate surface area is 95.0 Å². The van der Waals surface area contributed by atoms with E-state index in [1.165, 1.54) is 11.8 Å². The van der Waals surface area contributed by atoms with Crippen LogP contribution in [0, 0.1) is 0 Å². The van der Waals surface area contributed by atoms with E-state index >= 15 is 0 Å². The summed E-state index contributed by atoms with van der Waals surface area (Å²) in [6.45, 7) is 0. The number of hydrogen-bond acceptors (Lipinski definition) is 3. The highest BCUT2D eigenvalue weighted by atomic mass is 32.2. The van der Waals surface area contributed by atoms with Gasteiger partial charge in [-0.15, -0.1) is 11.8 Å². The molecule has 15 heavy (non-hydrogen) atoms. The van der Waals surface area contributed by atoms with Crippen molar-refractivity contribution >= 4 is 17.5 Å². The molecule has 0 saturated heterocycles. The van der Waals surface area contributed by atoms with Gasteiger partial charge in [0.2, 0.25) is 5.78 Å². The number of allylic oxidation sites excluding steroid dienone is 1. The summed E-state index contributed by atoms with van der Waals surface area (Å²) >= 11 is 1.47. The number of hydrogen-bond donors (Lipinski definition) is 0. The molecule has 0 spiro atoms. The van der Waals surface area contributed by atoms with Crippen molar-refractivity contribution in [3.63, 3.8) is 0 Å². The minimum absolute atomic E-state index is 0.0804. The molecule has 0 atom stereocenters. The zero-order valence-corrected chi connectivity index (χ0v) is 10.0. The van der Waals surface area contributed by atoms with Crippen LogP contribution in [0.25, 0.3) is 0 Å². The van der Waals surface area contributed by atoms with Crippen LogP contribution in [0.4, 0.5) is 0 Å². The summed E-state index contributed by atoms with van der Waals surface area (Å²) in [5, 5.41) is 0. The lowest BCUT2D eigenvalue weighted by Gasteiger charge is -2.09. The molecule has 0 aliphatic rings. The van der Waals surface area contributed by atoms with Gasteiger partial charge in [-0.1, -0.05) is 30.3 Å². The normalized spacial score (nSPS) is 11.3. The van der Waals surface area contributed by atoms with E-state index in [0.29, 0.717) is 0 Å². The number of Topliss-reactive ketones (excluding diaryl/α,β-unsaturated/α-hetero) is 1. The first kappa shape index (κ1) is 11.9. The Morgan fingerprint density at radius 2 is 1.87 bits per heavy atom. The smallest absolute Gasteiger partial charge is 0.200 e. The SMILES string of the molecule is CSC(=CN(C)C)C(=O)c1ccccc1. The van der Waals surface area contributed by atoms with Crippen LogP contribution < -0.4 is 0 Å². The molecule has 0 aromatic heterocycles. The third-order valence-electron chi connectivity index (χ3n) is 1.86. The van der Waals surface area contributed by atoms with Gasteiger partial charge in [0.15, 0.2) is 0 Å². The van der Waals surface area contributed by atoms with E-state index < -0.39 is 0 Å². The van der Waals surface area contributed by atoms with Crippen molar-refractivity contribution in [2.24, 2.45) is 0 Å². The largest absolute Gasteiger partial charge is 0.382 e. The predicted molar refractivity (Wildman–Crippen MR) is 66.1 cm³/mol. The molecule has 2 nitrogen and oxygen atoms in total. The fourth-order valence-corrected chi connectivity index (χ4v) is 1.79. The fourth-order valence-electron chi connectivity index (χ4n) is 1.17. The Morgan fingerprint density at radius 1 is 1.27 bits per heavy atom. The Bertz CT molecular complexity index is 357. The quantitative estimate of drug-likeness (QED) is 0.576. The summed E-state index contributed by atoms with van der Waals surface area (Å²) in [4.78, 5) is 14.6. The van der Waals surface area contributed by atoms with E-state index in [0.717, 1.165) is 10.5 Å².